The van der Waals surface area contributed by atoms with Crippen LogP contribution < -0.4 is 4.31 Å². The fraction of sp³-hybridized carbons (Fsp3) is 0.263. The van der Waals surface area contributed by atoms with Gasteiger partial charge in [-0.05, 0) is 36.2 Å². The molecule has 6 nitrogen and oxygen atoms in total. The molecule has 136 valence electrons. The van der Waals surface area contributed by atoms with Crippen molar-refractivity contribution < 1.29 is 13.2 Å². The number of rotatable bonds is 6. The molecule has 0 fully saturated rings. The summed E-state index contributed by atoms with van der Waals surface area (Å²) in [6.45, 7) is 2.03. The molecular formula is C19H21N3O3S. The van der Waals surface area contributed by atoms with Crippen molar-refractivity contribution in [2.75, 3.05) is 24.2 Å². The Hall–Kier alpha value is -2.85. The van der Waals surface area contributed by atoms with Crippen molar-refractivity contribution in [3.05, 3.63) is 65.2 Å². The summed E-state index contributed by atoms with van der Waals surface area (Å²) >= 11 is 0. The molecule has 0 atom stereocenters. The third-order valence-corrected chi connectivity index (χ3v) is 5.18. The van der Waals surface area contributed by atoms with Crippen molar-refractivity contribution >= 4 is 21.6 Å². The third-order valence-electron chi connectivity index (χ3n) is 4.04. The molecule has 2 rings (SSSR count). The van der Waals surface area contributed by atoms with E-state index in [1.807, 2.05) is 37.3 Å². The Labute approximate surface area is 154 Å². The van der Waals surface area contributed by atoms with Gasteiger partial charge in [-0.3, -0.25) is 9.10 Å². The van der Waals surface area contributed by atoms with E-state index in [2.05, 4.69) is 0 Å². The number of likely N-dealkylation sites (N-methyl/N-ethyl adjacent to an activating group) is 1. The smallest absolute Gasteiger partial charge is 0.243 e. The minimum Gasteiger partial charge on any atom is -0.340 e. The van der Waals surface area contributed by atoms with Crippen LogP contribution in [0, 0.1) is 18.3 Å². The zero-order valence-corrected chi connectivity index (χ0v) is 15.8. The van der Waals surface area contributed by atoms with Crippen LogP contribution in [0.5, 0.6) is 0 Å². The van der Waals surface area contributed by atoms with Gasteiger partial charge in [0.05, 0.1) is 23.6 Å². The van der Waals surface area contributed by atoms with E-state index in [1.165, 1.54) is 11.0 Å². The first kappa shape index (κ1) is 19.5. The number of nitriles is 1. The van der Waals surface area contributed by atoms with E-state index < -0.39 is 10.0 Å². The molecule has 26 heavy (non-hydrogen) atoms. The van der Waals surface area contributed by atoms with Gasteiger partial charge in [-0.1, -0.05) is 30.3 Å². The van der Waals surface area contributed by atoms with Gasteiger partial charge in [0.15, 0.2) is 0 Å². The van der Waals surface area contributed by atoms with E-state index in [0.29, 0.717) is 17.8 Å². The fourth-order valence-corrected chi connectivity index (χ4v) is 3.35. The van der Waals surface area contributed by atoms with Crippen molar-refractivity contribution in [1.82, 2.24) is 4.90 Å². The van der Waals surface area contributed by atoms with E-state index >= 15 is 0 Å². The molecule has 0 saturated heterocycles. The largest absolute Gasteiger partial charge is 0.340 e. The second-order valence-corrected chi connectivity index (χ2v) is 8.01. The third kappa shape index (κ3) is 4.83. The maximum atomic E-state index is 12.6. The van der Waals surface area contributed by atoms with Gasteiger partial charge in [0.25, 0.3) is 0 Å². The summed E-state index contributed by atoms with van der Waals surface area (Å²) in [5.74, 6) is -0.332. The van der Waals surface area contributed by atoms with Gasteiger partial charge in [0.2, 0.25) is 15.9 Å². The topological polar surface area (TPSA) is 81.5 Å². The lowest BCUT2D eigenvalue weighted by Crippen LogP contribution is -2.41. The molecule has 2 aromatic carbocycles. The number of aryl methyl sites for hydroxylation is 1. The van der Waals surface area contributed by atoms with E-state index in [1.54, 1.807) is 25.2 Å². The van der Waals surface area contributed by atoms with Crippen molar-refractivity contribution in [3.8, 4) is 6.07 Å². The van der Waals surface area contributed by atoms with Crippen molar-refractivity contribution in [1.29, 1.82) is 5.26 Å². The highest BCUT2D eigenvalue weighted by Crippen LogP contribution is 2.19. The second kappa shape index (κ2) is 8.02. The summed E-state index contributed by atoms with van der Waals surface area (Å²) in [5.41, 5.74) is 2.69. The summed E-state index contributed by atoms with van der Waals surface area (Å²) in [7, 11) is -2.04. The van der Waals surface area contributed by atoms with Crippen LogP contribution in [0.4, 0.5) is 5.69 Å². The number of carbonyl (C=O) groups excluding carboxylic acids is 1. The van der Waals surface area contributed by atoms with Gasteiger partial charge in [-0.25, -0.2) is 8.42 Å². The normalized spacial score (nSPS) is 10.8. The predicted molar refractivity (Wildman–Crippen MR) is 101 cm³/mol. The summed E-state index contributed by atoms with van der Waals surface area (Å²) in [4.78, 5) is 14.1. The zero-order chi connectivity index (χ0) is 19.3. The van der Waals surface area contributed by atoms with Crippen molar-refractivity contribution in [2.45, 2.75) is 13.5 Å². The van der Waals surface area contributed by atoms with Crippen LogP contribution in [0.2, 0.25) is 0 Å². The SMILES string of the molecule is Cc1ccccc1CN(C)C(=O)CN(c1cccc(C#N)c1)S(C)(=O)=O. The molecule has 0 heterocycles. The highest BCUT2D eigenvalue weighted by molar-refractivity contribution is 7.92. The first-order valence-corrected chi connectivity index (χ1v) is 9.83. The Kier molecular flexibility index (Phi) is 6.01. The first-order chi connectivity index (χ1) is 12.2. The maximum Gasteiger partial charge on any atom is 0.243 e. The van der Waals surface area contributed by atoms with E-state index in [-0.39, 0.29) is 12.5 Å². The van der Waals surface area contributed by atoms with Crippen LogP contribution in [-0.2, 0) is 21.4 Å². The monoisotopic (exact) mass is 371 g/mol. The van der Waals surface area contributed by atoms with Gasteiger partial charge in [0.1, 0.15) is 6.54 Å². The number of hydrogen-bond donors (Lipinski definition) is 0. The molecule has 0 bridgehead atoms. The van der Waals surface area contributed by atoms with Gasteiger partial charge in [0, 0.05) is 13.6 Å². The Bertz CT molecular complexity index is 948. The van der Waals surface area contributed by atoms with Crippen molar-refractivity contribution in [2.24, 2.45) is 0 Å². The predicted octanol–water partition coefficient (Wildman–Crippen LogP) is 2.29. The average Bonchev–Trinajstić information content (AvgIpc) is 2.60. The molecule has 0 aromatic heterocycles. The Morgan fingerprint density at radius 1 is 1.15 bits per heavy atom. The number of hydrogen-bond acceptors (Lipinski definition) is 4. The van der Waals surface area contributed by atoms with Gasteiger partial charge < -0.3 is 4.90 Å². The molecule has 0 spiro atoms. The van der Waals surface area contributed by atoms with Crippen LogP contribution in [0.1, 0.15) is 16.7 Å². The Morgan fingerprint density at radius 3 is 2.46 bits per heavy atom. The average molecular weight is 371 g/mol. The lowest BCUT2D eigenvalue weighted by Gasteiger charge is -2.25. The van der Waals surface area contributed by atoms with Crippen molar-refractivity contribution in [3.63, 3.8) is 0 Å². The van der Waals surface area contributed by atoms with Crippen LogP contribution in [0.15, 0.2) is 48.5 Å². The van der Waals surface area contributed by atoms with Crippen LogP contribution in [-0.4, -0.2) is 39.1 Å². The molecule has 0 unspecified atom stereocenters. The molecule has 7 heteroatoms. The summed E-state index contributed by atoms with van der Waals surface area (Å²) in [6.07, 6.45) is 1.04. The molecule has 0 aliphatic heterocycles. The van der Waals surface area contributed by atoms with Crippen LogP contribution in [0.3, 0.4) is 0 Å². The standard InChI is InChI=1S/C19H21N3O3S/c1-15-7-4-5-9-17(15)13-21(2)19(23)14-22(26(3,24)25)18-10-6-8-16(11-18)12-20/h4-11H,13-14H2,1-3H3. The maximum absolute atomic E-state index is 12.6. The molecule has 0 N–H and O–H groups in total. The van der Waals surface area contributed by atoms with E-state index in [0.717, 1.165) is 21.7 Å². The highest BCUT2D eigenvalue weighted by atomic mass is 32.2. The molecule has 1 amide bonds. The molecule has 0 radical (unpaired) electrons. The number of nitrogens with zero attached hydrogens (tertiary/aromatic N) is 3. The van der Waals surface area contributed by atoms with Gasteiger partial charge in [-0.2, -0.15) is 5.26 Å². The Morgan fingerprint density at radius 2 is 1.85 bits per heavy atom. The lowest BCUT2D eigenvalue weighted by molar-refractivity contribution is -0.128. The molecule has 0 saturated carbocycles. The molecule has 0 aliphatic carbocycles. The number of sulfonamides is 1. The number of amides is 1. The minimum atomic E-state index is -3.68. The highest BCUT2D eigenvalue weighted by Gasteiger charge is 2.23. The second-order valence-electron chi connectivity index (χ2n) is 6.11. The van der Waals surface area contributed by atoms with Gasteiger partial charge in [-0.15, -0.1) is 0 Å². The summed E-state index contributed by atoms with van der Waals surface area (Å²) < 4.78 is 25.4. The fourth-order valence-electron chi connectivity index (χ4n) is 2.51. The van der Waals surface area contributed by atoms with E-state index in [4.69, 9.17) is 5.26 Å². The van der Waals surface area contributed by atoms with Gasteiger partial charge >= 0.3 is 0 Å². The number of anilines is 1. The Balaban J connectivity index is 2.22. The lowest BCUT2D eigenvalue weighted by atomic mass is 10.1. The quantitative estimate of drug-likeness (QED) is 0.780. The van der Waals surface area contributed by atoms with Crippen LogP contribution >= 0.6 is 0 Å². The van der Waals surface area contributed by atoms with E-state index in [9.17, 15) is 13.2 Å². The molecule has 0 aliphatic rings. The summed E-state index contributed by atoms with van der Waals surface area (Å²) in [6, 6.07) is 15.9. The number of carbonyl (C=O) groups is 1. The summed E-state index contributed by atoms with van der Waals surface area (Å²) in [5, 5.41) is 9.01. The molecule has 2 aromatic rings. The first-order valence-electron chi connectivity index (χ1n) is 7.98. The van der Waals surface area contributed by atoms with Crippen LogP contribution in [0.25, 0.3) is 0 Å². The zero-order valence-electron chi connectivity index (χ0n) is 15.0. The minimum absolute atomic E-state index is 0.296. The molecular weight excluding hydrogens is 350 g/mol. The number of benzene rings is 2.